The lowest BCUT2D eigenvalue weighted by Crippen LogP contribution is -2.17. The normalized spacial score (nSPS) is 12.2. The molecule has 0 aliphatic heterocycles. The minimum absolute atomic E-state index is 0.0366. The molecule has 0 saturated carbocycles. The molecule has 1 atom stereocenters. The highest BCUT2D eigenvalue weighted by Crippen LogP contribution is 2.24. The van der Waals surface area contributed by atoms with Crippen molar-refractivity contribution in [3.05, 3.63) is 28.2 Å². The van der Waals surface area contributed by atoms with Crippen LogP contribution in [0.1, 0.15) is 51.5 Å². The summed E-state index contributed by atoms with van der Waals surface area (Å²) in [6.07, 6.45) is 6.15. The van der Waals surface area contributed by atoms with Gasteiger partial charge in [-0.15, -0.1) is 0 Å². The molecule has 0 aliphatic carbocycles. The van der Waals surface area contributed by atoms with Gasteiger partial charge in [-0.1, -0.05) is 42.1 Å². The van der Waals surface area contributed by atoms with Crippen molar-refractivity contribution in [1.29, 1.82) is 5.41 Å². The molecule has 19 heavy (non-hydrogen) atoms. The van der Waals surface area contributed by atoms with Crippen LogP contribution in [0.5, 0.6) is 5.75 Å². The largest absolute Gasteiger partial charge is 0.490 e. The molecule has 1 aromatic rings. The Kier molecular flexibility index (Phi) is 6.92. The minimum Gasteiger partial charge on any atom is -0.490 e. The van der Waals surface area contributed by atoms with E-state index in [4.69, 9.17) is 15.9 Å². The van der Waals surface area contributed by atoms with E-state index in [2.05, 4.69) is 29.8 Å². The van der Waals surface area contributed by atoms with Crippen molar-refractivity contribution in [3.8, 4) is 5.75 Å². The van der Waals surface area contributed by atoms with Crippen LogP contribution in [0.2, 0.25) is 0 Å². The van der Waals surface area contributed by atoms with E-state index in [0.717, 1.165) is 10.9 Å². The van der Waals surface area contributed by atoms with Crippen LogP contribution in [0, 0.1) is 5.41 Å². The zero-order valence-electron chi connectivity index (χ0n) is 11.7. The topological polar surface area (TPSA) is 59.1 Å². The minimum atomic E-state index is 0.0366. The smallest absolute Gasteiger partial charge is 0.130 e. The number of nitrogen functional groups attached to an aromatic ring is 1. The van der Waals surface area contributed by atoms with Crippen molar-refractivity contribution in [3.63, 3.8) is 0 Å². The van der Waals surface area contributed by atoms with E-state index in [9.17, 15) is 0 Å². The molecule has 0 saturated heterocycles. The van der Waals surface area contributed by atoms with Crippen molar-refractivity contribution in [1.82, 2.24) is 0 Å². The molecule has 0 aliphatic rings. The highest BCUT2D eigenvalue weighted by Gasteiger charge is 2.11. The van der Waals surface area contributed by atoms with Gasteiger partial charge in [-0.05, 0) is 38.0 Å². The van der Waals surface area contributed by atoms with Gasteiger partial charge in [0, 0.05) is 4.47 Å². The van der Waals surface area contributed by atoms with Gasteiger partial charge in [0.15, 0.2) is 0 Å². The van der Waals surface area contributed by atoms with Crippen LogP contribution in [0.15, 0.2) is 22.7 Å². The van der Waals surface area contributed by atoms with E-state index < -0.39 is 0 Å². The summed E-state index contributed by atoms with van der Waals surface area (Å²) in [5, 5.41) is 7.59. The number of unbranched alkanes of at least 4 members (excludes halogenated alkanes) is 3. The Morgan fingerprint density at radius 1 is 1.37 bits per heavy atom. The average Bonchev–Trinajstić information content (AvgIpc) is 2.36. The number of halogens is 1. The predicted octanol–water partition coefficient (Wildman–Crippen LogP) is 4.47. The molecule has 1 rings (SSSR count). The predicted molar refractivity (Wildman–Crippen MR) is 84.0 cm³/mol. The molecule has 0 aromatic heterocycles. The Bertz CT molecular complexity index is 421. The van der Waals surface area contributed by atoms with Crippen molar-refractivity contribution in [2.24, 2.45) is 5.73 Å². The number of nitrogens with two attached hydrogens (primary N) is 1. The van der Waals surface area contributed by atoms with Crippen LogP contribution in [0.25, 0.3) is 0 Å². The third-order valence-corrected chi connectivity index (χ3v) is 3.52. The maximum Gasteiger partial charge on any atom is 0.130 e. The van der Waals surface area contributed by atoms with Gasteiger partial charge in [0.1, 0.15) is 11.6 Å². The number of ether oxygens (including phenoxy) is 1. The number of benzene rings is 1. The zero-order valence-corrected chi connectivity index (χ0v) is 13.3. The van der Waals surface area contributed by atoms with Crippen LogP contribution < -0.4 is 10.5 Å². The molecule has 3 N–H and O–H groups in total. The van der Waals surface area contributed by atoms with Crippen LogP contribution in [0.3, 0.4) is 0 Å². The Morgan fingerprint density at radius 2 is 2.11 bits per heavy atom. The molecule has 4 heteroatoms. The van der Waals surface area contributed by atoms with E-state index in [1.807, 2.05) is 18.2 Å². The quantitative estimate of drug-likeness (QED) is 0.420. The molecule has 0 bridgehead atoms. The molecule has 0 heterocycles. The fraction of sp³-hybridized carbons (Fsp3) is 0.533. The van der Waals surface area contributed by atoms with Crippen LogP contribution in [-0.4, -0.2) is 11.9 Å². The van der Waals surface area contributed by atoms with Gasteiger partial charge in [0.05, 0.1) is 11.7 Å². The van der Waals surface area contributed by atoms with Gasteiger partial charge in [-0.25, -0.2) is 0 Å². The number of amidine groups is 1. The first-order valence-electron chi connectivity index (χ1n) is 6.85. The lowest BCUT2D eigenvalue weighted by atomic mass is 10.1. The Morgan fingerprint density at radius 3 is 2.74 bits per heavy atom. The first kappa shape index (κ1) is 16.0. The molecule has 0 fully saturated rings. The molecule has 0 spiro atoms. The van der Waals surface area contributed by atoms with E-state index in [1.165, 1.54) is 25.7 Å². The lowest BCUT2D eigenvalue weighted by Gasteiger charge is -2.17. The van der Waals surface area contributed by atoms with Crippen LogP contribution in [0.4, 0.5) is 0 Å². The van der Waals surface area contributed by atoms with E-state index in [-0.39, 0.29) is 11.9 Å². The molecule has 0 radical (unpaired) electrons. The summed E-state index contributed by atoms with van der Waals surface area (Å²) < 4.78 is 6.80. The Hall–Kier alpha value is -1.03. The summed E-state index contributed by atoms with van der Waals surface area (Å²) in [6, 6.07) is 5.59. The summed E-state index contributed by atoms with van der Waals surface area (Å²) in [6.45, 7) is 4.28. The van der Waals surface area contributed by atoms with Crippen molar-refractivity contribution in [2.75, 3.05) is 0 Å². The second-order valence-electron chi connectivity index (χ2n) is 4.83. The molecule has 1 unspecified atom stereocenters. The number of hydrogen-bond donors (Lipinski definition) is 2. The molecule has 106 valence electrons. The second kappa shape index (κ2) is 8.20. The first-order chi connectivity index (χ1) is 9.04. The Labute approximate surface area is 124 Å². The monoisotopic (exact) mass is 326 g/mol. The molecular formula is C15H23BrN2O. The maximum atomic E-state index is 7.59. The highest BCUT2D eigenvalue weighted by molar-refractivity contribution is 9.10. The number of rotatable bonds is 8. The highest BCUT2D eigenvalue weighted by atomic mass is 79.9. The van der Waals surface area contributed by atoms with E-state index >= 15 is 0 Å². The average molecular weight is 327 g/mol. The third-order valence-electron chi connectivity index (χ3n) is 3.02. The van der Waals surface area contributed by atoms with E-state index in [0.29, 0.717) is 11.3 Å². The van der Waals surface area contributed by atoms with Gasteiger partial charge < -0.3 is 10.5 Å². The second-order valence-corrected chi connectivity index (χ2v) is 5.75. The summed E-state index contributed by atoms with van der Waals surface area (Å²) in [5.74, 6) is 0.730. The summed E-state index contributed by atoms with van der Waals surface area (Å²) in [4.78, 5) is 0. The van der Waals surface area contributed by atoms with Crippen molar-refractivity contribution < 1.29 is 4.74 Å². The van der Waals surface area contributed by atoms with Crippen LogP contribution >= 0.6 is 15.9 Å². The van der Waals surface area contributed by atoms with Crippen LogP contribution in [-0.2, 0) is 0 Å². The van der Waals surface area contributed by atoms with Crippen molar-refractivity contribution in [2.45, 2.75) is 52.1 Å². The zero-order chi connectivity index (χ0) is 14.3. The summed E-state index contributed by atoms with van der Waals surface area (Å²) in [7, 11) is 0. The van der Waals surface area contributed by atoms with Gasteiger partial charge in [0.25, 0.3) is 0 Å². The lowest BCUT2D eigenvalue weighted by molar-refractivity contribution is 0.206. The van der Waals surface area contributed by atoms with Gasteiger partial charge in [-0.3, -0.25) is 5.41 Å². The maximum absolute atomic E-state index is 7.59. The standard InChI is InChI=1S/C15H23BrN2O/c1-3-4-5-6-7-11(2)19-14-9-8-12(16)10-13(14)15(17)18/h8-11H,3-7H2,1-2H3,(H3,17,18). The van der Waals surface area contributed by atoms with Gasteiger partial charge in [0.2, 0.25) is 0 Å². The third kappa shape index (κ3) is 5.64. The molecule has 1 aromatic carbocycles. The number of nitrogens with one attached hydrogen (secondary N) is 1. The summed E-state index contributed by atoms with van der Waals surface area (Å²) >= 11 is 3.38. The fourth-order valence-corrected chi connectivity index (χ4v) is 2.31. The van der Waals surface area contributed by atoms with Gasteiger partial charge >= 0.3 is 0 Å². The van der Waals surface area contributed by atoms with Crippen molar-refractivity contribution >= 4 is 21.8 Å². The summed E-state index contributed by atoms with van der Waals surface area (Å²) in [5.41, 5.74) is 6.23. The Balaban J connectivity index is 2.58. The van der Waals surface area contributed by atoms with Gasteiger partial charge in [-0.2, -0.15) is 0 Å². The molecule has 0 amide bonds. The van der Waals surface area contributed by atoms with E-state index in [1.54, 1.807) is 0 Å². The number of hydrogen-bond acceptors (Lipinski definition) is 2. The SMILES string of the molecule is CCCCCCC(C)Oc1ccc(Br)cc1C(=N)N. The molecular weight excluding hydrogens is 304 g/mol. The first-order valence-corrected chi connectivity index (χ1v) is 7.64. The molecule has 3 nitrogen and oxygen atoms in total. The fourth-order valence-electron chi connectivity index (χ4n) is 1.95.